The summed E-state index contributed by atoms with van der Waals surface area (Å²) >= 11 is 7.04. The highest BCUT2D eigenvalue weighted by molar-refractivity contribution is 6.21. The van der Waals surface area contributed by atoms with E-state index in [0.29, 0.717) is 12.8 Å². The molecule has 8 heteroatoms. The average molecular weight is 521 g/mol. The molecule has 0 aliphatic heterocycles. The van der Waals surface area contributed by atoms with Crippen LogP contribution in [0.2, 0.25) is 0 Å². The minimum absolute atomic E-state index is 0.0767. The van der Waals surface area contributed by atoms with Gasteiger partial charge in [-0.2, -0.15) is 0 Å². The van der Waals surface area contributed by atoms with Crippen molar-refractivity contribution < 1.29 is 33.8 Å². The molecule has 0 bridgehead atoms. The van der Waals surface area contributed by atoms with Crippen LogP contribution in [0.5, 0.6) is 0 Å². The molecule has 7 nitrogen and oxygen atoms in total. The molecule has 4 rings (SSSR count). The highest BCUT2D eigenvalue weighted by atomic mass is 35.5. The smallest absolute Gasteiger partial charge is 0.306 e. The molecular formula is C28H37ClO7. The zero-order valence-electron chi connectivity index (χ0n) is 21.7. The Labute approximate surface area is 217 Å². The van der Waals surface area contributed by atoms with Gasteiger partial charge >= 0.3 is 11.9 Å². The number of carbonyl (C=O) groups excluding carboxylic acids is 4. The fourth-order valence-corrected chi connectivity index (χ4v) is 8.54. The zero-order valence-corrected chi connectivity index (χ0v) is 22.5. The molecule has 4 aliphatic carbocycles. The number of aliphatic hydroxyl groups excluding tert-OH is 1. The Morgan fingerprint density at radius 3 is 2.47 bits per heavy atom. The van der Waals surface area contributed by atoms with E-state index in [0.717, 1.165) is 5.57 Å². The van der Waals surface area contributed by atoms with Gasteiger partial charge in [0.25, 0.3) is 0 Å². The molecule has 6 unspecified atom stereocenters. The number of fused-ring (bicyclic) bond motifs is 5. The first kappa shape index (κ1) is 27.1. The largest absolute Gasteiger partial charge is 0.457 e. The molecule has 0 aromatic carbocycles. The molecule has 0 saturated heterocycles. The maximum Gasteiger partial charge on any atom is 0.306 e. The van der Waals surface area contributed by atoms with Gasteiger partial charge in [-0.1, -0.05) is 46.3 Å². The quantitative estimate of drug-likeness (QED) is 0.417. The summed E-state index contributed by atoms with van der Waals surface area (Å²) in [4.78, 5) is 50.5. The second-order valence-corrected chi connectivity index (χ2v) is 12.0. The third-order valence-electron chi connectivity index (χ3n) is 9.65. The number of ketones is 2. The second kappa shape index (κ2) is 9.39. The fraction of sp³-hybridized carbons (Fsp3) is 0.714. The van der Waals surface area contributed by atoms with E-state index in [4.69, 9.17) is 21.1 Å². The molecule has 0 radical (unpaired) electrons. The Hall–Kier alpha value is -1.99. The first-order valence-electron chi connectivity index (χ1n) is 13.0. The van der Waals surface area contributed by atoms with Crippen LogP contribution in [0.3, 0.4) is 0 Å². The third kappa shape index (κ3) is 3.80. The molecule has 36 heavy (non-hydrogen) atoms. The summed E-state index contributed by atoms with van der Waals surface area (Å²) in [6.45, 7) is 8.69. The maximum absolute atomic E-state index is 13.9. The van der Waals surface area contributed by atoms with Crippen molar-refractivity contribution in [3.8, 4) is 0 Å². The maximum atomic E-state index is 13.9. The molecule has 0 heterocycles. The average Bonchev–Trinajstić information content (AvgIpc) is 3.04. The standard InChI is InChI=1S/C28H37ClO7/c1-6-22(33)35-14-21(32)28(36-23(34)7-2)15(3)10-18-24-19(29)12-16-11-17(30)8-9-26(16,4)25(24)20(31)13-27(18,28)5/h8-9,11,15,18-20,24-25,31H,6-7,10,12-14H2,1-5H3/t15?,18?,19?,20?,24?,25?,26-,27-,28-/m0/s1. The van der Waals surface area contributed by atoms with Crippen LogP contribution in [0.4, 0.5) is 0 Å². The van der Waals surface area contributed by atoms with Gasteiger partial charge in [0.05, 0.1) is 6.10 Å². The number of rotatable bonds is 6. The second-order valence-electron chi connectivity index (χ2n) is 11.4. The van der Waals surface area contributed by atoms with Crippen LogP contribution >= 0.6 is 11.6 Å². The van der Waals surface area contributed by atoms with E-state index in [9.17, 15) is 24.3 Å². The summed E-state index contributed by atoms with van der Waals surface area (Å²) in [7, 11) is 0. The van der Waals surface area contributed by atoms with Gasteiger partial charge in [0.1, 0.15) is 0 Å². The van der Waals surface area contributed by atoms with Crippen LogP contribution in [0.1, 0.15) is 66.7 Å². The summed E-state index contributed by atoms with van der Waals surface area (Å²) in [5.41, 5.74) is -2.06. The first-order valence-corrected chi connectivity index (χ1v) is 13.5. The van der Waals surface area contributed by atoms with Gasteiger partial charge in [0.2, 0.25) is 5.78 Å². The normalized spacial score (nSPS) is 43.1. The monoisotopic (exact) mass is 520 g/mol. The summed E-state index contributed by atoms with van der Waals surface area (Å²) < 4.78 is 11.3. The molecule has 9 atom stereocenters. The lowest BCUT2D eigenvalue weighted by Crippen LogP contribution is -2.65. The zero-order chi connectivity index (χ0) is 26.6. The Balaban J connectivity index is 1.79. The number of hydrogen-bond donors (Lipinski definition) is 1. The molecule has 0 amide bonds. The van der Waals surface area contributed by atoms with Crippen LogP contribution in [0, 0.1) is 34.5 Å². The number of ether oxygens (including phenoxy) is 2. The Morgan fingerprint density at radius 1 is 1.17 bits per heavy atom. The number of alkyl halides is 1. The van der Waals surface area contributed by atoms with Gasteiger partial charge in [-0.25, -0.2) is 0 Å². The molecular weight excluding hydrogens is 484 g/mol. The number of Topliss-reactive ketones (excluding diaryl/α,β-unsaturated/α-hetero) is 1. The topological polar surface area (TPSA) is 107 Å². The van der Waals surface area contributed by atoms with Crippen molar-refractivity contribution >= 4 is 35.1 Å². The number of allylic oxidation sites excluding steroid dienone is 4. The predicted molar refractivity (Wildman–Crippen MR) is 133 cm³/mol. The predicted octanol–water partition coefficient (Wildman–Crippen LogP) is 3.94. The van der Waals surface area contributed by atoms with Gasteiger partial charge in [0.15, 0.2) is 18.0 Å². The minimum Gasteiger partial charge on any atom is -0.457 e. The van der Waals surface area contributed by atoms with Gasteiger partial charge in [-0.3, -0.25) is 19.2 Å². The highest BCUT2D eigenvalue weighted by Crippen LogP contribution is 2.69. The Morgan fingerprint density at radius 2 is 1.83 bits per heavy atom. The van der Waals surface area contributed by atoms with E-state index < -0.39 is 46.9 Å². The lowest BCUT2D eigenvalue weighted by atomic mass is 9.46. The Bertz CT molecular complexity index is 1030. The van der Waals surface area contributed by atoms with Crippen LogP contribution in [0.25, 0.3) is 0 Å². The van der Waals surface area contributed by atoms with Crippen molar-refractivity contribution in [3.05, 3.63) is 23.8 Å². The molecule has 3 saturated carbocycles. The lowest BCUT2D eigenvalue weighted by molar-refractivity contribution is -0.205. The van der Waals surface area contributed by atoms with Gasteiger partial charge in [0, 0.05) is 40.9 Å². The number of hydrogen-bond acceptors (Lipinski definition) is 7. The SMILES string of the molecule is CCC(=O)OCC(=O)[C@@]1(OC(=O)CC)C(C)CC2C3C(Cl)CC4=CC(=O)C=C[C@]4(C)C3C(O)C[C@@]21C. The van der Waals surface area contributed by atoms with E-state index in [1.54, 1.807) is 26.0 Å². The van der Waals surface area contributed by atoms with Crippen LogP contribution in [-0.2, 0) is 28.7 Å². The highest BCUT2D eigenvalue weighted by Gasteiger charge is 2.73. The van der Waals surface area contributed by atoms with Crippen molar-refractivity contribution in [2.24, 2.45) is 34.5 Å². The number of aliphatic hydroxyl groups is 1. The summed E-state index contributed by atoms with van der Waals surface area (Å²) in [6.07, 6.45) is 5.79. The summed E-state index contributed by atoms with van der Waals surface area (Å²) in [6, 6.07) is 0. The van der Waals surface area contributed by atoms with Gasteiger partial charge in [-0.05, 0) is 43.3 Å². The summed E-state index contributed by atoms with van der Waals surface area (Å²) in [5.74, 6) is -2.44. The van der Waals surface area contributed by atoms with E-state index in [-0.39, 0.29) is 54.1 Å². The van der Waals surface area contributed by atoms with E-state index >= 15 is 0 Å². The van der Waals surface area contributed by atoms with Crippen LogP contribution < -0.4 is 0 Å². The molecule has 4 aliphatic rings. The van der Waals surface area contributed by atoms with Gasteiger partial charge < -0.3 is 14.6 Å². The van der Waals surface area contributed by atoms with E-state index in [1.807, 2.05) is 26.8 Å². The summed E-state index contributed by atoms with van der Waals surface area (Å²) in [5, 5.41) is 11.4. The van der Waals surface area contributed by atoms with Crippen molar-refractivity contribution in [2.75, 3.05) is 6.61 Å². The molecule has 0 aromatic rings. The lowest BCUT2D eigenvalue weighted by Gasteiger charge is -2.61. The van der Waals surface area contributed by atoms with E-state index in [2.05, 4.69) is 0 Å². The van der Waals surface area contributed by atoms with Gasteiger partial charge in [-0.15, -0.1) is 11.6 Å². The number of esters is 2. The molecule has 198 valence electrons. The van der Waals surface area contributed by atoms with Crippen LogP contribution in [0.15, 0.2) is 23.8 Å². The fourth-order valence-electron chi connectivity index (χ4n) is 8.04. The molecule has 1 N–H and O–H groups in total. The third-order valence-corrected chi connectivity index (χ3v) is 10.1. The van der Waals surface area contributed by atoms with Crippen molar-refractivity contribution in [1.82, 2.24) is 0 Å². The molecule has 0 spiro atoms. The number of carbonyl (C=O) groups is 4. The molecule has 3 fully saturated rings. The minimum atomic E-state index is -1.54. The first-order chi connectivity index (χ1) is 16.9. The van der Waals surface area contributed by atoms with Crippen LogP contribution in [-0.4, -0.2) is 52.3 Å². The van der Waals surface area contributed by atoms with Crippen molar-refractivity contribution in [1.29, 1.82) is 0 Å². The van der Waals surface area contributed by atoms with Crippen molar-refractivity contribution in [2.45, 2.75) is 83.8 Å². The van der Waals surface area contributed by atoms with Crippen molar-refractivity contribution in [3.63, 3.8) is 0 Å². The molecule has 0 aromatic heterocycles. The number of halogens is 1. The van der Waals surface area contributed by atoms with E-state index in [1.165, 1.54) is 0 Å². The Kier molecular flexibility index (Phi) is 7.06.